The lowest BCUT2D eigenvalue weighted by Crippen LogP contribution is -2.40. The average Bonchev–Trinajstić information content (AvgIpc) is 3.81. The lowest BCUT2D eigenvalue weighted by atomic mass is 10.2. The number of hydrogen-bond donors (Lipinski definition) is 2. The van der Waals surface area contributed by atoms with Crippen molar-refractivity contribution in [2.45, 2.75) is 77.7 Å². The normalized spacial score (nSPS) is 20.1. The molecular weight excluding hydrogens is 716 g/mol. The predicted octanol–water partition coefficient (Wildman–Crippen LogP) is 1.94. The molecule has 0 saturated carbocycles. The zero-order valence-corrected chi connectivity index (χ0v) is 31.2. The fourth-order valence-corrected chi connectivity index (χ4v) is 6.75. The Morgan fingerprint density at radius 3 is 1.51 bits per heavy atom. The van der Waals surface area contributed by atoms with E-state index in [9.17, 15) is 27.6 Å². The molecule has 0 aliphatic carbocycles. The summed E-state index contributed by atoms with van der Waals surface area (Å²) >= 11 is 0. The zero-order valence-electron chi connectivity index (χ0n) is 30.3. The summed E-state index contributed by atoms with van der Waals surface area (Å²) in [6, 6.07) is -2.97. The maximum Gasteiger partial charge on any atom is 0.442 e. The molecule has 21 heteroatoms. The van der Waals surface area contributed by atoms with E-state index in [4.69, 9.17) is 18.0 Å². The Labute approximate surface area is 306 Å². The first kappa shape index (κ1) is 37.6. The van der Waals surface area contributed by atoms with Crippen LogP contribution < -0.4 is 10.6 Å². The van der Waals surface area contributed by atoms with Gasteiger partial charge in [-0.25, -0.2) is 28.5 Å². The summed E-state index contributed by atoms with van der Waals surface area (Å²) in [7, 11) is -4.94. The van der Waals surface area contributed by atoms with Gasteiger partial charge in [0.15, 0.2) is 0 Å². The minimum atomic E-state index is -4.94. The van der Waals surface area contributed by atoms with Crippen molar-refractivity contribution >= 4 is 46.0 Å². The third kappa shape index (κ3) is 9.27. The van der Waals surface area contributed by atoms with E-state index in [1.54, 1.807) is 87.8 Å². The summed E-state index contributed by atoms with van der Waals surface area (Å²) in [5, 5.41) is 15.5. The molecule has 2 atom stereocenters. The highest BCUT2D eigenvalue weighted by molar-refractivity contribution is 7.81. The van der Waals surface area contributed by atoms with E-state index in [1.165, 1.54) is 9.80 Å². The zero-order chi connectivity index (χ0) is 38.3. The lowest BCUT2D eigenvalue weighted by molar-refractivity contribution is -0.0723. The number of amides is 6. The highest BCUT2D eigenvalue weighted by atomic mass is 32.3. The van der Waals surface area contributed by atoms with Crippen LogP contribution in [0.3, 0.4) is 0 Å². The lowest BCUT2D eigenvalue weighted by Gasteiger charge is -2.22. The highest BCUT2D eigenvalue weighted by Gasteiger charge is 2.47. The fraction of sp³-hybridized carbons (Fsp3) is 0.562. The van der Waals surface area contributed by atoms with Gasteiger partial charge in [0.2, 0.25) is 0 Å². The van der Waals surface area contributed by atoms with Crippen LogP contribution in [0.25, 0.3) is 11.4 Å². The number of carbonyl (C=O) groups excluding carboxylic acids is 4. The van der Waals surface area contributed by atoms with Gasteiger partial charge in [-0.1, -0.05) is 0 Å². The summed E-state index contributed by atoms with van der Waals surface area (Å²) in [5.41, 5.74) is 1.64. The van der Waals surface area contributed by atoms with Crippen LogP contribution in [0.1, 0.15) is 52.7 Å². The fourth-order valence-electron chi connectivity index (χ4n) is 5.99. The van der Waals surface area contributed by atoms with Gasteiger partial charge in [-0.3, -0.25) is 0 Å². The standard InChI is InChI=1S/C32H44N10O10S/c1-31(2,3)49-27(43)33-9-7-21-13-35-39(15-21)23-11-25-19-37(17-23)29(45)41(25)51-53(47,48)52-42-26-12-24(18-38(20-26)30(42)46)40-16-22(14-36-40)8-10-34-28(44)50-32(4,5)6/h11-16,25-26H,7-10,17-20H2,1-6H3,(H,33,43)(H,34,44). The van der Waals surface area contributed by atoms with Crippen LogP contribution in [0.2, 0.25) is 0 Å². The summed E-state index contributed by atoms with van der Waals surface area (Å²) < 4.78 is 50.2. The number of hydrogen-bond acceptors (Lipinski definition) is 12. The molecule has 6 heterocycles. The molecule has 4 aliphatic rings. The van der Waals surface area contributed by atoms with Crippen molar-refractivity contribution < 1.29 is 45.6 Å². The van der Waals surface area contributed by atoms with E-state index in [1.807, 2.05) is 0 Å². The van der Waals surface area contributed by atoms with Gasteiger partial charge in [-0.2, -0.15) is 28.7 Å². The van der Waals surface area contributed by atoms with Gasteiger partial charge in [0.05, 0.1) is 36.9 Å². The molecule has 20 nitrogen and oxygen atoms in total. The molecule has 0 radical (unpaired) electrons. The Bertz CT molecular complexity index is 1790. The molecule has 53 heavy (non-hydrogen) atoms. The molecule has 6 rings (SSSR count). The summed E-state index contributed by atoms with van der Waals surface area (Å²) in [4.78, 5) is 53.0. The van der Waals surface area contributed by atoms with Gasteiger partial charge in [-0.15, -0.1) is 8.57 Å². The molecule has 4 bridgehead atoms. The van der Waals surface area contributed by atoms with Crippen LogP contribution in [0.15, 0.2) is 36.9 Å². The van der Waals surface area contributed by atoms with Crippen molar-refractivity contribution in [1.29, 1.82) is 0 Å². The van der Waals surface area contributed by atoms with Crippen LogP contribution in [-0.2, 0) is 41.3 Å². The van der Waals surface area contributed by atoms with E-state index < -0.39 is 57.9 Å². The van der Waals surface area contributed by atoms with Gasteiger partial charge in [0.1, 0.15) is 23.3 Å². The van der Waals surface area contributed by atoms with E-state index in [0.29, 0.717) is 47.5 Å². The minimum Gasteiger partial charge on any atom is -0.444 e. The van der Waals surface area contributed by atoms with Gasteiger partial charge >= 0.3 is 34.6 Å². The third-order valence-electron chi connectivity index (χ3n) is 8.18. The van der Waals surface area contributed by atoms with Crippen molar-refractivity contribution in [1.82, 2.24) is 50.1 Å². The first-order chi connectivity index (χ1) is 24.8. The number of carbonyl (C=O) groups is 4. The van der Waals surface area contributed by atoms with Crippen molar-refractivity contribution in [3.8, 4) is 0 Å². The van der Waals surface area contributed by atoms with Crippen LogP contribution in [0, 0.1) is 0 Å². The summed E-state index contributed by atoms with van der Waals surface area (Å²) in [5.74, 6) is 0. The van der Waals surface area contributed by atoms with Gasteiger partial charge in [0.25, 0.3) is 0 Å². The molecule has 2 N–H and O–H groups in total. The Morgan fingerprint density at radius 1 is 0.736 bits per heavy atom. The second kappa shape index (κ2) is 14.3. The number of ether oxygens (including phenoxy) is 2. The first-order valence-electron chi connectivity index (χ1n) is 17.1. The van der Waals surface area contributed by atoms with Crippen molar-refractivity contribution in [3.63, 3.8) is 0 Å². The maximum atomic E-state index is 13.1. The topological polar surface area (TPSA) is 212 Å². The highest BCUT2D eigenvalue weighted by Crippen LogP contribution is 2.31. The molecule has 288 valence electrons. The van der Waals surface area contributed by atoms with Crippen molar-refractivity contribution in [3.05, 3.63) is 48.1 Å². The Hall–Kier alpha value is -5.15. The van der Waals surface area contributed by atoms with E-state index >= 15 is 0 Å². The van der Waals surface area contributed by atoms with Crippen molar-refractivity contribution in [2.24, 2.45) is 0 Å². The maximum absolute atomic E-state index is 13.1. The molecular formula is C32H44N10O10S. The molecule has 4 aliphatic heterocycles. The Balaban J connectivity index is 1.04. The number of alkyl carbamates (subject to hydrolysis) is 2. The molecule has 0 spiro atoms. The second-order valence-corrected chi connectivity index (χ2v) is 16.0. The molecule has 6 amide bonds. The molecule has 0 aromatic carbocycles. The van der Waals surface area contributed by atoms with Crippen LogP contribution >= 0.6 is 0 Å². The van der Waals surface area contributed by atoms with E-state index in [2.05, 4.69) is 20.8 Å². The Morgan fingerprint density at radius 2 is 1.13 bits per heavy atom. The SMILES string of the molecule is CC(C)(C)OC(=O)NCCc1cnn(C2=CC3CN(C2)C(=O)N3OS(=O)(=O)ON2C(=O)N3CC(n4cc(CCNC(=O)OC(C)(C)C)cn4)=CC2C3)c1. The van der Waals surface area contributed by atoms with Gasteiger partial charge in [0, 0.05) is 38.6 Å². The molecule has 2 aromatic rings. The monoisotopic (exact) mass is 760 g/mol. The quantitative estimate of drug-likeness (QED) is 0.318. The van der Waals surface area contributed by atoms with Gasteiger partial charge in [-0.05, 0) is 77.7 Å². The van der Waals surface area contributed by atoms with Crippen LogP contribution in [0.5, 0.6) is 0 Å². The molecule has 2 unspecified atom stereocenters. The number of aromatic nitrogens is 4. The summed E-state index contributed by atoms with van der Waals surface area (Å²) in [6.07, 6.45) is 10.0. The molecule has 2 saturated heterocycles. The number of nitrogens with zero attached hydrogens (tertiary/aromatic N) is 8. The second-order valence-electron chi connectivity index (χ2n) is 14.9. The first-order valence-corrected chi connectivity index (χ1v) is 18.4. The minimum absolute atomic E-state index is 0.137. The predicted molar refractivity (Wildman–Crippen MR) is 185 cm³/mol. The van der Waals surface area contributed by atoms with Gasteiger partial charge < -0.3 is 29.9 Å². The van der Waals surface area contributed by atoms with Crippen LogP contribution in [-0.4, -0.2) is 135 Å². The number of nitrogens with one attached hydrogen (secondary N) is 2. The van der Waals surface area contributed by atoms with E-state index in [0.717, 1.165) is 11.1 Å². The third-order valence-corrected chi connectivity index (χ3v) is 8.86. The van der Waals surface area contributed by atoms with Crippen LogP contribution in [0.4, 0.5) is 19.2 Å². The largest absolute Gasteiger partial charge is 0.444 e. The number of urea groups is 2. The summed E-state index contributed by atoms with van der Waals surface area (Å²) in [6.45, 7) is 11.9. The molecule has 2 fully saturated rings. The number of rotatable bonds is 12. The van der Waals surface area contributed by atoms with Crippen molar-refractivity contribution in [2.75, 3.05) is 39.3 Å². The Kier molecular flexibility index (Phi) is 10.2. The number of fused-ring (bicyclic) bond motifs is 4. The smallest absolute Gasteiger partial charge is 0.442 e. The van der Waals surface area contributed by atoms with E-state index in [-0.39, 0.29) is 26.2 Å². The molecule has 2 aromatic heterocycles. The average molecular weight is 761 g/mol. The number of hydroxylamine groups is 4.